The lowest BCUT2D eigenvalue weighted by atomic mass is 10.3. The number of hydrogen-bond acceptors (Lipinski definition) is 2. The van der Waals surface area contributed by atoms with Crippen molar-refractivity contribution in [1.82, 2.24) is 9.78 Å². The number of aromatic nitrogens is 2. The third-order valence-electron chi connectivity index (χ3n) is 1.66. The van der Waals surface area contributed by atoms with Gasteiger partial charge in [-0.05, 0) is 18.2 Å². The van der Waals surface area contributed by atoms with E-state index in [0.29, 0.717) is 5.52 Å². The normalized spacial score (nSPS) is 10.5. The highest BCUT2D eigenvalue weighted by Gasteiger charge is 2.05. The van der Waals surface area contributed by atoms with E-state index in [-0.39, 0.29) is 0 Å². The Bertz CT molecular complexity index is 478. The molecule has 66 valence electrons. The largest absolute Gasteiger partial charge is 0.463 e. The van der Waals surface area contributed by atoms with E-state index in [1.54, 1.807) is 6.07 Å². The molecule has 1 aromatic heterocycles. The van der Waals surface area contributed by atoms with Gasteiger partial charge in [0.15, 0.2) is 0 Å². The molecule has 0 fully saturated rings. The summed E-state index contributed by atoms with van der Waals surface area (Å²) < 4.78 is 1.81. The highest BCUT2D eigenvalue weighted by molar-refractivity contribution is 9.10. The van der Waals surface area contributed by atoms with Crippen LogP contribution in [0.25, 0.3) is 10.9 Å². The number of benzene rings is 1. The fourth-order valence-corrected chi connectivity index (χ4v) is 1.47. The quantitative estimate of drug-likeness (QED) is 0.769. The van der Waals surface area contributed by atoms with Gasteiger partial charge in [-0.3, -0.25) is 0 Å². The highest BCUT2D eigenvalue weighted by atomic mass is 79.9. The molecule has 0 radical (unpaired) electrons. The Morgan fingerprint density at radius 2 is 2.31 bits per heavy atom. The molecule has 2 aromatic rings. The molecule has 1 N–H and O–H groups in total. The van der Waals surface area contributed by atoms with Crippen LogP contribution in [0.2, 0.25) is 0 Å². The number of fused-ring (bicyclic) bond motifs is 1. The van der Waals surface area contributed by atoms with Gasteiger partial charge >= 0.3 is 6.09 Å². The van der Waals surface area contributed by atoms with E-state index in [4.69, 9.17) is 5.11 Å². The Labute approximate surface area is 81.9 Å². The molecule has 0 spiro atoms. The maximum Gasteiger partial charge on any atom is 0.432 e. The van der Waals surface area contributed by atoms with Crippen molar-refractivity contribution >= 4 is 32.9 Å². The Kier molecular flexibility index (Phi) is 1.81. The molecule has 0 unspecified atom stereocenters. The van der Waals surface area contributed by atoms with Crippen molar-refractivity contribution in [2.24, 2.45) is 0 Å². The van der Waals surface area contributed by atoms with E-state index in [9.17, 15) is 4.79 Å². The van der Waals surface area contributed by atoms with Crippen LogP contribution in [-0.2, 0) is 0 Å². The molecule has 0 amide bonds. The van der Waals surface area contributed by atoms with Gasteiger partial charge in [0.05, 0.1) is 5.52 Å². The summed E-state index contributed by atoms with van der Waals surface area (Å²) >= 11 is 3.29. The second-order valence-electron chi connectivity index (χ2n) is 2.56. The molecule has 0 atom stereocenters. The van der Waals surface area contributed by atoms with E-state index in [2.05, 4.69) is 21.0 Å². The number of halogens is 1. The van der Waals surface area contributed by atoms with E-state index in [1.165, 1.54) is 6.20 Å². The fraction of sp³-hybridized carbons (Fsp3) is 0. The summed E-state index contributed by atoms with van der Waals surface area (Å²) in [5.41, 5.74) is 0.672. The second-order valence-corrected chi connectivity index (χ2v) is 3.48. The molecule has 4 nitrogen and oxygen atoms in total. The van der Waals surface area contributed by atoms with Crippen LogP contribution in [0.1, 0.15) is 0 Å². The lowest BCUT2D eigenvalue weighted by Crippen LogP contribution is -2.07. The minimum Gasteiger partial charge on any atom is -0.463 e. The zero-order valence-corrected chi connectivity index (χ0v) is 8.02. The number of carbonyl (C=O) groups is 1. The van der Waals surface area contributed by atoms with Gasteiger partial charge < -0.3 is 5.11 Å². The lowest BCUT2D eigenvalue weighted by molar-refractivity contribution is 0.193. The number of nitrogens with zero attached hydrogens (tertiary/aromatic N) is 2. The van der Waals surface area contributed by atoms with Crippen molar-refractivity contribution in [1.29, 1.82) is 0 Å². The second kappa shape index (κ2) is 2.85. The summed E-state index contributed by atoms with van der Waals surface area (Å²) in [7, 11) is 0. The molecular weight excluding hydrogens is 236 g/mol. The maximum atomic E-state index is 10.5. The molecule has 5 heteroatoms. The van der Waals surface area contributed by atoms with E-state index in [0.717, 1.165) is 14.5 Å². The van der Waals surface area contributed by atoms with E-state index >= 15 is 0 Å². The molecule has 0 aliphatic heterocycles. The summed E-state index contributed by atoms with van der Waals surface area (Å²) in [5, 5.41) is 13.3. The standard InChI is InChI=1S/C8H5BrN2O2/c9-6-1-2-7-5(3-6)4-11(10-7)8(12)13/h1-4H,(H,12,13). The third kappa shape index (κ3) is 1.42. The molecule has 1 aromatic carbocycles. The smallest absolute Gasteiger partial charge is 0.432 e. The molecule has 0 aliphatic carbocycles. The highest BCUT2D eigenvalue weighted by Crippen LogP contribution is 2.18. The minimum absolute atomic E-state index is 0.672. The predicted octanol–water partition coefficient (Wildman–Crippen LogP) is 2.32. The van der Waals surface area contributed by atoms with Crippen molar-refractivity contribution < 1.29 is 9.90 Å². The predicted molar refractivity (Wildman–Crippen MR) is 50.9 cm³/mol. The van der Waals surface area contributed by atoms with Crippen LogP contribution in [0.15, 0.2) is 28.9 Å². The van der Waals surface area contributed by atoms with Crippen molar-refractivity contribution in [2.45, 2.75) is 0 Å². The summed E-state index contributed by atoms with van der Waals surface area (Å²) in [4.78, 5) is 10.5. The van der Waals surface area contributed by atoms with E-state index in [1.807, 2.05) is 12.1 Å². The number of hydrogen-bond donors (Lipinski definition) is 1. The van der Waals surface area contributed by atoms with Crippen molar-refractivity contribution in [3.63, 3.8) is 0 Å². The van der Waals surface area contributed by atoms with Crippen LogP contribution in [-0.4, -0.2) is 21.0 Å². The van der Waals surface area contributed by atoms with Crippen LogP contribution < -0.4 is 0 Å². The third-order valence-corrected chi connectivity index (χ3v) is 2.16. The molecule has 13 heavy (non-hydrogen) atoms. The average molecular weight is 241 g/mol. The van der Waals surface area contributed by atoms with Gasteiger partial charge in [0.25, 0.3) is 0 Å². The Hall–Kier alpha value is -1.36. The fourth-order valence-electron chi connectivity index (χ4n) is 1.09. The number of carboxylic acid groups (broad SMARTS) is 1. The Morgan fingerprint density at radius 1 is 1.54 bits per heavy atom. The SMILES string of the molecule is O=C(O)n1cc2cc(Br)ccc2n1. The monoisotopic (exact) mass is 240 g/mol. The van der Waals surface area contributed by atoms with E-state index < -0.39 is 6.09 Å². The molecule has 1 heterocycles. The first kappa shape index (κ1) is 8.25. The Morgan fingerprint density at radius 3 is 3.00 bits per heavy atom. The van der Waals surface area contributed by atoms with Crippen molar-refractivity contribution in [2.75, 3.05) is 0 Å². The van der Waals surface area contributed by atoms with Crippen LogP contribution in [0.5, 0.6) is 0 Å². The lowest BCUT2D eigenvalue weighted by Gasteiger charge is -1.86. The van der Waals surface area contributed by atoms with Crippen molar-refractivity contribution in [3.8, 4) is 0 Å². The van der Waals surface area contributed by atoms with Gasteiger partial charge in [-0.1, -0.05) is 15.9 Å². The molecule has 0 aliphatic rings. The molecule has 0 saturated heterocycles. The van der Waals surface area contributed by atoms with Gasteiger partial charge in [0, 0.05) is 16.1 Å². The molecule has 2 rings (SSSR count). The van der Waals surface area contributed by atoms with Gasteiger partial charge in [-0.2, -0.15) is 9.78 Å². The summed E-state index contributed by atoms with van der Waals surface area (Å²) in [6.45, 7) is 0. The van der Waals surface area contributed by atoms with Gasteiger partial charge in [-0.15, -0.1) is 0 Å². The summed E-state index contributed by atoms with van der Waals surface area (Å²) in [6.07, 6.45) is 0.398. The van der Waals surface area contributed by atoms with Crippen LogP contribution in [0.3, 0.4) is 0 Å². The zero-order chi connectivity index (χ0) is 9.42. The first-order valence-electron chi connectivity index (χ1n) is 3.55. The van der Waals surface area contributed by atoms with Gasteiger partial charge in [0.1, 0.15) is 0 Å². The first-order valence-corrected chi connectivity index (χ1v) is 4.34. The first-order chi connectivity index (χ1) is 6.16. The zero-order valence-electron chi connectivity index (χ0n) is 6.44. The summed E-state index contributed by atoms with van der Waals surface area (Å²) in [6, 6.07) is 5.40. The summed E-state index contributed by atoms with van der Waals surface area (Å²) in [5.74, 6) is 0. The maximum absolute atomic E-state index is 10.5. The van der Waals surface area contributed by atoms with Crippen LogP contribution in [0.4, 0.5) is 4.79 Å². The molecular formula is C8H5BrN2O2. The Balaban J connectivity index is 2.68. The van der Waals surface area contributed by atoms with Crippen LogP contribution in [0, 0.1) is 0 Å². The number of rotatable bonds is 0. The topological polar surface area (TPSA) is 55.1 Å². The molecule has 0 saturated carbocycles. The average Bonchev–Trinajstić information content (AvgIpc) is 2.46. The minimum atomic E-state index is -1.08. The van der Waals surface area contributed by atoms with Gasteiger partial charge in [-0.25, -0.2) is 4.79 Å². The molecule has 0 bridgehead atoms. The van der Waals surface area contributed by atoms with Gasteiger partial charge in [0.2, 0.25) is 0 Å². The van der Waals surface area contributed by atoms with Crippen molar-refractivity contribution in [3.05, 3.63) is 28.9 Å². The van der Waals surface area contributed by atoms with Crippen LogP contribution >= 0.6 is 15.9 Å².